The molecular weight excluding hydrogens is 496 g/mol. The third-order valence-electron chi connectivity index (χ3n) is 6.04. The van der Waals surface area contributed by atoms with Crippen molar-refractivity contribution in [3.63, 3.8) is 0 Å². The van der Waals surface area contributed by atoms with E-state index in [1.165, 1.54) is 10.4 Å². The highest BCUT2D eigenvalue weighted by Gasteiger charge is 2.32. The number of anilines is 1. The van der Waals surface area contributed by atoms with Crippen LogP contribution in [0.2, 0.25) is 0 Å². The van der Waals surface area contributed by atoms with Crippen molar-refractivity contribution in [3.8, 4) is 34.3 Å². The second kappa shape index (κ2) is 11.7. The van der Waals surface area contributed by atoms with Crippen molar-refractivity contribution in [2.75, 3.05) is 58.5 Å². The number of rotatable bonds is 10. The van der Waals surface area contributed by atoms with Gasteiger partial charge >= 0.3 is 0 Å². The molecule has 1 fully saturated rings. The summed E-state index contributed by atoms with van der Waals surface area (Å²) in [5.74, 6) is 2.85. The van der Waals surface area contributed by atoms with Crippen LogP contribution in [0.1, 0.15) is 13.8 Å². The number of methoxy groups -OCH3 is 2. The van der Waals surface area contributed by atoms with E-state index in [0.29, 0.717) is 73.9 Å². The lowest BCUT2D eigenvalue weighted by molar-refractivity contribution is 0.319. The molecule has 1 aromatic heterocycles. The fraction of sp³-hybridized carbons (Fsp3) is 0.385. The van der Waals surface area contributed by atoms with Crippen LogP contribution in [0.25, 0.3) is 11.3 Å². The predicted molar refractivity (Wildman–Crippen MR) is 140 cm³/mol. The minimum atomic E-state index is -3.78. The van der Waals surface area contributed by atoms with Crippen LogP contribution in [0.4, 0.5) is 5.82 Å². The number of hydrogen-bond acceptors (Lipinski definition) is 9. The maximum Gasteiger partial charge on any atom is 0.247 e. The Morgan fingerprint density at radius 3 is 2.11 bits per heavy atom. The van der Waals surface area contributed by atoms with Gasteiger partial charge in [-0.05, 0) is 56.3 Å². The number of nitrogens with zero attached hydrogens (tertiary/aromatic N) is 4. The molecule has 0 spiro atoms. The molecule has 2 aromatic carbocycles. The van der Waals surface area contributed by atoms with Gasteiger partial charge in [-0.15, -0.1) is 10.2 Å². The van der Waals surface area contributed by atoms with Crippen LogP contribution in [0, 0.1) is 0 Å². The summed E-state index contributed by atoms with van der Waals surface area (Å²) in [4.78, 5) is 2.14. The Balaban J connectivity index is 1.49. The molecule has 0 bridgehead atoms. The first-order chi connectivity index (χ1) is 17.9. The van der Waals surface area contributed by atoms with Gasteiger partial charge in [0.15, 0.2) is 5.82 Å². The Hall–Kier alpha value is -3.57. The molecule has 0 saturated carbocycles. The summed E-state index contributed by atoms with van der Waals surface area (Å²) >= 11 is 0. The Bertz CT molecular complexity index is 1310. The first kappa shape index (κ1) is 26.5. The zero-order valence-corrected chi connectivity index (χ0v) is 22.3. The van der Waals surface area contributed by atoms with Gasteiger partial charge in [-0.2, -0.15) is 4.31 Å². The largest absolute Gasteiger partial charge is 0.497 e. The maximum absolute atomic E-state index is 13.5. The summed E-state index contributed by atoms with van der Waals surface area (Å²) in [7, 11) is -0.572. The van der Waals surface area contributed by atoms with Crippen LogP contribution in [0.15, 0.2) is 53.4 Å². The number of sulfonamides is 1. The molecule has 4 rings (SSSR count). The molecule has 1 aliphatic rings. The van der Waals surface area contributed by atoms with Crippen LogP contribution in [-0.2, 0) is 10.0 Å². The molecular formula is C26H32N4O6S. The molecule has 37 heavy (non-hydrogen) atoms. The van der Waals surface area contributed by atoms with Crippen LogP contribution in [-0.4, -0.2) is 76.5 Å². The highest BCUT2D eigenvalue weighted by molar-refractivity contribution is 7.89. The SMILES string of the molecule is CCOc1ccc(OCC)c(S(=O)(=O)N2CCN(c3ccc(-c4cc(OC)ccc4OC)nn3)CC2)c1. The molecule has 11 heteroatoms. The summed E-state index contributed by atoms with van der Waals surface area (Å²) in [5.41, 5.74) is 1.43. The van der Waals surface area contributed by atoms with Gasteiger partial charge in [0, 0.05) is 37.8 Å². The molecule has 0 aliphatic carbocycles. The van der Waals surface area contributed by atoms with Crippen molar-refractivity contribution < 1.29 is 27.4 Å². The Morgan fingerprint density at radius 2 is 1.49 bits per heavy atom. The highest BCUT2D eigenvalue weighted by atomic mass is 32.2. The van der Waals surface area contributed by atoms with Gasteiger partial charge in [0.1, 0.15) is 27.9 Å². The molecule has 0 N–H and O–H groups in total. The first-order valence-corrected chi connectivity index (χ1v) is 13.6. The van der Waals surface area contributed by atoms with Crippen LogP contribution in [0.5, 0.6) is 23.0 Å². The molecule has 198 valence electrons. The topological polar surface area (TPSA) is 103 Å². The average molecular weight is 529 g/mol. The first-order valence-electron chi connectivity index (χ1n) is 12.1. The monoisotopic (exact) mass is 528 g/mol. The highest BCUT2D eigenvalue weighted by Crippen LogP contribution is 2.34. The fourth-order valence-electron chi connectivity index (χ4n) is 4.17. The standard InChI is InChI=1S/C26H32N4O6S/c1-5-35-20-8-11-24(36-6-2)25(18-20)37(31,32)30-15-13-29(14-16-30)26-12-9-22(27-28-26)21-17-19(33-3)7-10-23(21)34-4/h7-12,17-18H,5-6,13-16H2,1-4H3. The second-order valence-corrected chi connectivity index (χ2v) is 10.1. The van der Waals surface area contributed by atoms with Crippen molar-refractivity contribution >= 4 is 15.8 Å². The number of benzene rings is 2. The van der Waals surface area contributed by atoms with E-state index < -0.39 is 10.0 Å². The third-order valence-corrected chi connectivity index (χ3v) is 7.96. The molecule has 0 unspecified atom stereocenters. The van der Waals surface area contributed by atoms with Crippen LogP contribution < -0.4 is 23.8 Å². The Morgan fingerprint density at radius 1 is 0.784 bits per heavy atom. The van der Waals surface area contributed by atoms with E-state index in [2.05, 4.69) is 10.2 Å². The lowest BCUT2D eigenvalue weighted by Gasteiger charge is -2.34. The smallest absolute Gasteiger partial charge is 0.247 e. The Labute approximate surface area is 217 Å². The van der Waals surface area contributed by atoms with Gasteiger partial charge in [-0.3, -0.25) is 0 Å². The summed E-state index contributed by atoms with van der Waals surface area (Å²) in [6.07, 6.45) is 0. The molecule has 3 aromatic rings. The van der Waals surface area contributed by atoms with E-state index in [0.717, 1.165) is 5.56 Å². The summed E-state index contributed by atoms with van der Waals surface area (Å²) in [5, 5.41) is 8.79. The van der Waals surface area contributed by atoms with Gasteiger partial charge < -0.3 is 23.8 Å². The third kappa shape index (κ3) is 5.72. The lowest BCUT2D eigenvalue weighted by atomic mass is 10.1. The predicted octanol–water partition coefficient (Wildman–Crippen LogP) is 3.47. The van der Waals surface area contributed by atoms with Crippen LogP contribution >= 0.6 is 0 Å². The van der Waals surface area contributed by atoms with Crippen molar-refractivity contribution in [1.29, 1.82) is 0 Å². The molecule has 10 nitrogen and oxygen atoms in total. The van der Waals surface area contributed by atoms with E-state index in [1.54, 1.807) is 26.4 Å². The summed E-state index contributed by atoms with van der Waals surface area (Å²) in [6.45, 7) is 6.04. The van der Waals surface area contributed by atoms with Crippen molar-refractivity contribution in [2.24, 2.45) is 0 Å². The summed E-state index contributed by atoms with van der Waals surface area (Å²) in [6, 6.07) is 14.1. The summed E-state index contributed by atoms with van der Waals surface area (Å²) < 4.78 is 50.4. The average Bonchev–Trinajstić information content (AvgIpc) is 2.94. The van der Waals surface area contributed by atoms with Crippen molar-refractivity contribution in [2.45, 2.75) is 18.7 Å². The zero-order chi connectivity index (χ0) is 26.4. The second-order valence-electron chi connectivity index (χ2n) is 8.21. The van der Waals surface area contributed by atoms with Gasteiger partial charge in [0.2, 0.25) is 10.0 Å². The minimum absolute atomic E-state index is 0.116. The number of piperazine rings is 1. The molecule has 1 aliphatic heterocycles. The van der Waals surface area contributed by atoms with Crippen molar-refractivity contribution in [3.05, 3.63) is 48.5 Å². The van der Waals surface area contributed by atoms with Gasteiger partial charge in [0.25, 0.3) is 0 Å². The lowest BCUT2D eigenvalue weighted by Crippen LogP contribution is -2.49. The van der Waals surface area contributed by atoms with E-state index in [9.17, 15) is 8.42 Å². The van der Waals surface area contributed by atoms with E-state index in [-0.39, 0.29) is 4.90 Å². The number of hydrogen-bond donors (Lipinski definition) is 0. The minimum Gasteiger partial charge on any atom is -0.497 e. The Kier molecular flexibility index (Phi) is 8.34. The quantitative estimate of drug-likeness (QED) is 0.391. The van der Waals surface area contributed by atoms with E-state index in [1.807, 2.05) is 49.1 Å². The molecule has 0 radical (unpaired) electrons. The molecule has 2 heterocycles. The van der Waals surface area contributed by atoms with Gasteiger partial charge in [-0.1, -0.05) is 0 Å². The number of aromatic nitrogens is 2. The van der Waals surface area contributed by atoms with Gasteiger partial charge in [0.05, 0.1) is 33.1 Å². The molecule has 0 atom stereocenters. The van der Waals surface area contributed by atoms with E-state index >= 15 is 0 Å². The molecule has 0 amide bonds. The van der Waals surface area contributed by atoms with E-state index in [4.69, 9.17) is 18.9 Å². The van der Waals surface area contributed by atoms with Crippen LogP contribution in [0.3, 0.4) is 0 Å². The molecule has 1 saturated heterocycles. The number of ether oxygens (including phenoxy) is 4. The van der Waals surface area contributed by atoms with Gasteiger partial charge in [-0.25, -0.2) is 8.42 Å². The normalized spacial score (nSPS) is 14.3. The fourth-order valence-corrected chi connectivity index (χ4v) is 5.74. The maximum atomic E-state index is 13.5. The van der Waals surface area contributed by atoms with Crippen molar-refractivity contribution in [1.82, 2.24) is 14.5 Å². The zero-order valence-electron chi connectivity index (χ0n) is 21.5.